The summed E-state index contributed by atoms with van der Waals surface area (Å²) in [4.78, 5) is 18.6. The first-order valence-corrected chi connectivity index (χ1v) is 24.8. The fourth-order valence-electron chi connectivity index (χ4n) is 7.20. The molecule has 4 unspecified atom stereocenters. The molecule has 314 valence electrons. The molecular weight excluding hydrogens is 767 g/mol. The summed E-state index contributed by atoms with van der Waals surface area (Å²) in [5.41, 5.74) is 0. The zero-order chi connectivity index (χ0) is 41.0. The number of carbonyl (C=O) groups excluding carboxylic acids is 1. The minimum Gasteiger partial charge on any atom is -0.491 e. The summed E-state index contributed by atoms with van der Waals surface area (Å²) in [5.74, 6) is 3.81. The lowest BCUT2D eigenvalue weighted by Crippen LogP contribution is -2.28. The fourth-order valence-corrected chi connectivity index (χ4v) is 10.8. The maximum atomic E-state index is 13.3. The van der Waals surface area contributed by atoms with E-state index >= 15 is 0 Å². The molecule has 2 bridgehead atoms. The molecule has 3 heterocycles. The Morgan fingerprint density at radius 2 is 1.66 bits per heavy atom. The molecule has 0 radical (unpaired) electrons. The first-order chi connectivity index (χ1) is 27.0. The van der Waals surface area contributed by atoms with Crippen molar-refractivity contribution in [3.05, 3.63) is 54.8 Å². The van der Waals surface area contributed by atoms with Crippen LogP contribution in [0.25, 0.3) is 21.1 Å². The SMILES string of the molecule is C/C=C(Sc1ccc2sc(C(C)C)cc2c1OCC(CC)CCCC)/C(S)=c1\sc2c\c1=C/C(C)CCCCC(CC)CNC2=O.CCCCC(CC)COC. The molecule has 3 aromatic rings. The highest BCUT2D eigenvalue weighted by Crippen LogP contribution is 2.45. The van der Waals surface area contributed by atoms with Crippen LogP contribution in [0.15, 0.2) is 40.1 Å². The lowest BCUT2D eigenvalue weighted by molar-refractivity contribution is 0.0949. The first-order valence-electron chi connectivity index (χ1n) is 21.9. The van der Waals surface area contributed by atoms with Crippen LogP contribution in [0.2, 0.25) is 0 Å². The maximum Gasteiger partial charge on any atom is 0.261 e. The van der Waals surface area contributed by atoms with Gasteiger partial charge in [0.15, 0.2) is 0 Å². The third kappa shape index (κ3) is 15.1. The summed E-state index contributed by atoms with van der Waals surface area (Å²) in [6.45, 7) is 22.6. The van der Waals surface area contributed by atoms with E-state index in [-0.39, 0.29) is 5.91 Å². The molecule has 4 nitrogen and oxygen atoms in total. The molecule has 4 atom stereocenters. The Morgan fingerprint density at radius 1 is 0.982 bits per heavy atom. The smallest absolute Gasteiger partial charge is 0.261 e. The van der Waals surface area contributed by atoms with Crippen LogP contribution < -0.4 is 19.8 Å². The highest BCUT2D eigenvalue weighted by Gasteiger charge is 2.20. The number of methoxy groups -OCH3 is 1. The monoisotopic (exact) mass is 841 g/mol. The highest BCUT2D eigenvalue weighted by atomic mass is 32.2. The molecule has 0 saturated carbocycles. The summed E-state index contributed by atoms with van der Waals surface area (Å²) < 4.78 is 14.2. The average Bonchev–Trinajstić information content (AvgIpc) is 3.83. The van der Waals surface area contributed by atoms with E-state index in [1.165, 1.54) is 79.2 Å². The Hall–Kier alpha value is -1.71. The van der Waals surface area contributed by atoms with Crippen LogP contribution in [0.3, 0.4) is 0 Å². The second-order valence-electron chi connectivity index (χ2n) is 16.1. The van der Waals surface area contributed by atoms with Gasteiger partial charge >= 0.3 is 0 Å². The van der Waals surface area contributed by atoms with Gasteiger partial charge < -0.3 is 14.8 Å². The van der Waals surface area contributed by atoms with Crippen LogP contribution in [0, 0.1) is 23.7 Å². The van der Waals surface area contributed by atoms with Gasteiger partial charge in [-0.25, -0.2) is 0 Å². The highest BCUT2D eigenvalue weighted by molar-refractivity contribution is 8.06. The number of unbranched alkanes of at least 4 members (excludes halogenated alkanes) is 2. The number of rotatable bonds is 18. The molecule has 1 N–H and O–H groups in total. The van der Waals surface area contributed by atoms with Crippen molar-refractivity contribution in [2.24, 2.45) is 23.7 Å². The van der Waals surface area contributed by atoms with Gasteiger partial charge in [0.1, 0.15) is 5.75 Å². The molecule has 1 aromatic carbocycles. The second-order valence-corrected chi connectivity index (χ2v) is 19.8. The number of amides is 1. The van der Waals surface area contributed by atoms with E-state index in [0.717, 1.165) is 80.0 Å². The predicted octanol–water partition coefficient (Wildman–Crippen LogP) is 14.0. The first kappa shape index (κ1) is 48.7. The molecule has 2 aromatic heterocycles. The van der Waals surface area contributed by atoms with Crippen molar-refractivity contribution in [3.63, 3.8) is 0 Å². The summed E-state index contributed by atoms with van der Waals surface area (Å²) in [6, 6.07) is 8.90. The molecule has 56 heavy (non-hydrogen) atoms. The molecule has 1 aliphatic rings. The molecule has 0 saturated heterocycles. The number of thioether (sulfide) groups is 1. The lowest BCUT2D eigenvalue weighted by atomic mass is 9.96. The fraction of sp³-hybridized carbons (Fsp3) is 0.646. The Kier molecular flexibility index (Phi) is 22.9. The van der Waals surface area contributed by atoms with Crippen LogP contribution in [0.5, 0.6) is 5.75 Å². The van der Waals surface area contributed by atoms with Crippen molar-refractivity contribution in [2.75, 3.05) is 26.9 Å². The molecule has 4 rings (SSSR count). The summed E-state index contributed by atoms with van der Waals surface area (Å²) in [6.07, 6.45) is 20.4. The number of allylic oxidation sites excluding steroid dienone is 1. The van der Waals surface area contributed by atoms with Crippen LogP contribution in [-0.4, -0.2) is 32.8 Å². The van der Waals surface area contributed by atoms with Crippen molar-refractivity contribution in [1.29, 1.82) is 0 Å². The maximum absolute atomic E-state index is 13.3. The molecule has 1 aliphatic heterocycles. The number of hydrogen-bond acceptors (Lipinski definition) is 7. The van der Waals surface area contributed by atoms with E-state index in [2.05, 4.69) is 104 Å². The van der Waals surface area contributed by atoms with Gasteiger partial charge in [-0.1, -0.05) is 137 Å². The predicted molar refractivity (Wildman–Crippen MR) is 254 cm³/mol. The Balaban J connectivity index is 0.000000739. The van der Waals surface area contributed by atoms with Gasteiger partial charge in [-0.15, -0.1) is 35.3 Å². The molecule has 0 fully saturated rings. The van der Waals surface area contributed by atoms with Crippen molar-refractivity contribution in [1.82, 2.24) is 5.32 Å². The Morgan fingerprint density at radius 3 is 2.27 bits per heavy atom. The van der Waals surface area contributed by atoms with Gasteiger partial charge in [-0.3, -0.25) is 4.79 Å². The van der Waals surface area contributed by atoms with Gasteiger partial charge in [-0.2, -0.15) is 0 Å². The summed E-state index contributed by atoms with van der Waals surface area (Å²) >= 11 is 10.4. The van der Waals surface area contributed by atoms with E-state index in [9.17, 15) is 4.79 Å². The van der Waals surface area contributed by atoms with Gasteiger partial charge in [0.2, 0.25) is 0 Å². The lowest BCUT2D eigenvalue weighted by Gasteiger charge is -2.19. The molecule has 0 aliphatic carbocycles. The average molecular weight is 842 g/mol. The van der Waals surface area contributed by atoms with Gasteiger partial charge in [0.05, 0.1) is 16.4 Å². The van der Waals surface area contributed by atoms with Crippen LogP contribution in [0.4, 0.5) is 0 Å². The normalized spacial score (nSPS) is 19.1. The number of benzene rings is 1. The molecular formula is C48H75NO3S4. The van der Waals surface area contributed by atoms with Crippen LogP contribution >= 0.6 is 47.1 Å². The van der Waals surface area contributed by atoms with Crippen molar-refractivity contribution < 1.29 is 14.3 Å². The van der Waals surface area contributed by atoms with Crippen LogP contribution in [-0.2, 0) is 4.74 Å². The van der Waals surface area contributed by atoms with Crippen LogP contribution in [0.1, 0.15) is 166 Å². The molecule has 0 spiro atoms. The number of hydrogen-bond donors (Lipinski definition) is 2. The van der Waals surface area contributed by atoms with E-state index in [4.69, 9.17) is 22.1 Å². The number of fused-ring (bicyclic) bond motifs is 3. The van der Waals surface area contributed by atoms with Crippen molar-refractivity contribution >= 4 is 74.0 Å². The minimum absolute atomic E-state index is 0.0279. The number of nitrogens with one attached hydrogen (secondary N) is 1. The molecule has 8 heteroatoms. The zero-order valence-electron chi connectivity index (χ0n) is 36.6. The van der Waals surface area contributed by atoms with Gasteiger partial charge in [0.25, 0.3) is 5.91 Å². The van der Waals surface area contributed by atoms with E-state index in [0.29, 0.717) is 23.7 Å². The Bertz CT molecular complexity index is 1760. The number of ether oxygens (including phenoxy) is 2. The van der Waals surface area contributed by atoms with Crippen molar-refractivity contribution in [2.45, 2.75) is 157 Å². The van der Waals surface area contributed by atoms with E-state index in [1.54, 1.807) is 30.2 Å². The van der Waals surface area contributed by atoms with Crippen molar-refractivity contribution in [3.8, 4) is 5.75 Å². The third-order valence-corrected chi connectivity index (χ3v) is 15.7. The van der Waals surface area contributed by atoms with Gasteiger partial charge in [-0.05, 0) is 91.7 Å². The van der Waals surface area contributed by atoms with E-state index in [1.807, 2.05) is 11.3 Å². The quantitative estimate of drug-likeness (QED) is 0.0989. The minimum atomic E-state index is 0.0279. The topological polar surface area (TPSA) is 47.6 Å². The number of thiophene rings is 2. The third-order valence-electron chi connectivity index (χ3n) is 11.2. The molecule has 1 amide bonds. The second kappa shape index (κ2) is 26.4. The summed E-state index contributed by atoms with van der Waals surface area (Å²) in [7, 11) is 1.79. The standard InChI is InChI=1S/C39H55NO2S4.C9H20O/c1-8-12-16-28(10-3)24-42-36-30-22-34(25(5)6)45-32(30)18-19-33(36)44-31(11-4)37(43)38-29-20-26(7)15-13-14-17-27(9-2)23-40-39(41)35(21-29)46-38;1-4-6-7-9(5-2)8-10-3/h11,18-22,25-28,43H,8-10,12-17,23-24H2,1-7H3,(H,40,41);9H,4-8H2,1-3H3/b29-20+,31-11-,38-37+;. The van der Waals surface area contributed by atoms with E-state index < -0.39 is 0 Å². The van der Waals surface area contributed by atoms with Gasteiger partial charge in [0, 0.05) is 49.6 Å². The number of carbonyl (C=O) groups is 1. The Labute approximate surface area is 359 Å². The zero-order valence-corrected chi connectivity index (χ0v) is 39.9. The number of thiol groups is 1. The largest absolute Gasteiger partial charge is 0.491 e. The summed E-state index contributed by atoms with van der Waals surface area (Å²) in [5, 5.41) is 5.57.